The Bertz CT molecular complexity index is 394. The largest absolute Gasteiger partial charge is 0.772 e. The van der Waals surface area contributed by atoms with Crippen LogP contribution in [-0.2, 0) is 11.1 Å². The lowest BCUT2D eigenvalue weighted by molar-refractivity contribution is 0.379. The fourth-order valence-corrected chi connectivity index (χ4v) is 2.95. The zero-order valence-electron chi connectivity index (χ0n) is 9.59. The number of benzene rings is 1. The maximum absolute atomic E-state index is 10.7. The molecular formula is C12H17N2O2S-. The molecule has 0 radical (unpaired) electrons. The zero-order chi connectivity index (χ0) is 12.3. The third-order valence-corrected chi connectivity index (χ3v) is 3.91. The molecule has 1 aliphatic heterocycles. The van der Waals surface area contributed by atoms with Crippen LogP contribution in [0.25, 0.3) is 0 Å². The van der Waals surface area contributed by atoms with E-state index in [1.54, 1.807) is 0 Å². The monoisotopic (exact) mass is 253 g/mol. The van der Waals surface area contributed by atoms with Gasteiger partial charge < -0.3 is 15.6 Å². The lowest BCUT2D eigenvalue weighted by Crippen LogP contribution is -2.40. The van der Waals surface area contributed by atoms with E-state index in [1.807, 2.05) is 24.3 Å². The van der Waals surface area contributed by atoms with Gasteiger partial charge in [-0.05, 0) is 43.0 Å². The molecule has 5 heteroatoms. The van der Waals surface area contributed by atoms with Gasteiger partial charge in [0.1, 0.15) is 0 Å². The Kier molecular flexibility index (Phi) is 4.15. The Labute approximate surface area is 104 Å². The molecule has 1 aliphatic rings. The van der Waals surface area contributed by atoms with E-state index in [2.05, 4.69) is 5.32 Å². The maximum atomic E-state index is 10.7. The minimum absolute atomic E-state index is 0.0737. The molecule has 1 fully saturated rings. The van der Waals surface area contributed by atoms with E-state index in [0.29, 0.717) is 5.92 Å². The summed E-state index contributed by atoms with van der Waals surface area (Å²) in [6.07, 6.45) is 1.92. The van der Waals surface area contributed by atoms with Crippen molar-refractivity contribution >= 4 is 16.8 Å². The van der Waals surface area contributed by atoms with Crippen molar-refractivity contribution in [3.8, 4) is 0 Å². The Morgan fingerprint density at radius 3 is 2.76 bits per heavy atom. The highest BCUT2D eigenvalue weighted by molar-refractivity contribution is 7.79. The Hall–Kier alpha value is -0.910. The standard InChI is InChI=1S/C12H18N2O2S/c13-11-3-1-9(2-4-11)10-5-6-14-12(7-10)8-17(15)16/h1-4,10,12,14H,5-8,13H2,(H,15,16)/p-1. The first kappa shape index (κ1) is 12.5. The molecular weight excluding hydrogens is 236 g/mol. The minimum Gasteiger partial charge on any atom is -0.772 e. The van der Waals surface area contributed by atoms with Gasteiger partial charge in [-0.2, -0.15) is 0 Å². The van der Waals surface area contributed by atoms with Crippen molar-refractivity contribution in [3.05, 3.63) is 29.8 Å². The Balaban J connectivity index is 2.01. The first-order valence-corrected chi connectivity index (χ1v) is 7.04. The van der Waals surface area contributed by atoms with Crippen molar-refractivity contribution in [2.75, 3.05) is 18.0 Å². The van der Waals surface area contributed by atoms with Gasteiger partial charge in [-0.15, -0.1) is 0 Å². The van der Waals surface area contributed by atoms with Crippen LogP contribution in [0.4, 0.5) is 5.69 Å². The first-order valence-electron chi connectivity index (χ1n) is 5.80. The second-order valence-corrected chi connectivity index (χ2v) is 5.45. The molecule has 2 rings (SSSR count). The topological polar surface area (TPSA) is 78.2 Å². The minimum atomic E-state index is -1.97. The average Bonchev–Trinajstić information content (AvgIpc) is 2.29. The molecule has 0 bridgehead atoms. The van der Waals surface area contributed by atoms with Crippen LogP contribution in [0.2, 0.25) is 0 Å². The van der Waals surface area contributed by atoms with Crippen molar-refractivity contribution in [1.29, 1.82) is 0 Å². The van der Waals surface area contributed by atoms with Crippen molar-refractivity contribution < 1.29 is 8.76 Å². The number of nitrogens with one attached hydrogen (secondary N) is 1. The van der Waals surface area contributed by atoms with Crippen molar-refractivity contribution in [2.45, 2.75) is 24.8 Å². The van der Waals surface area contributed by atoms with Gasteiger partial charge in [0.05, 0.1) is 0 Å². The Morgan fingerprint density at radius 1 is 1.41 bits per heavy atom. The quantitative estimate of drug-likeness (QED) is 0.622. The number of hydrogen-bond acceptors (Lipinski definition) is 4. The first-order chi connectivity index (χ1) is 8.15. The van der Waals surface area contributed by atoms with E-state index in [-0.39, 0.29) is 11.8 Å². The normalized spacial score (nSPS) is 26.6. The van der Waals surface area contributed by atoms with Crippen molar-refractivity contribution in [2.24, 2.45) is 0 Å². The van der Waals surface area contributed by atoms with Gasteiger partial charge in [0, 0.05) is 17.5 Å². The van der Waals surface area contributed by atoms with Crippen molar-refractivity contribution in [1.82, 2.24) is 5.32 Å². The zero-order valence-corrected chi connectivity index (χ0v) is 10.4. The third-order valence-electron chi connectivity index (χ3n) is 3.24. The number of piperidine rings is 1. The molecule has 3 atom stereocenters. The molecule has 94 valence electrons. The highest BCUT2D eigenvalue weighted by Crippen LogP contribution is 2.28. The lowest BCUT2D eigenvalue weighted by Gasteiger charge is -2.31. The maximum Gasteiger partial charge on any atom is 0.0314 e. The van der Waals surface area contributed by atoms with Gasteiger partial charge in [0.2, 0.25) is 0 Å². The molecule has 0 aromatic heterocycles. The van der Waals surface area contributed by atoms with Crippen LogP contribution in [0.15, 0.2) is 24.3 Å². The summed E-state index contributed by atoms with van der Waals surface area (Å²) >= 11 is -1.97. The van der Waals surface area contributed by atoms with Gasteiger partial charge in [-0.25, -0.2) is 0 Å². The summed E-state index contributed by atoms with van der Waals surface area (Å²) in [6, 6.07) is 7.95. The molecule has 0 aliphatic carbocycles. The van der Waals surface area contributed by atoms with Crippen molar-refractivity contribution in [3.63, 3.8) is 0 Å². The number of nitrogens with two attached hydrogens (primary N) is 1. The molecule has 4 nitrogen and oxygen atoms in total. The van der Waals surface area contributed by atoms with Crippen LogP contribution in [0.1, 0.15) is 24.3 Å². The van der Waals surface area contributed by atoms with E-state index in [9.17, 15) is 8.76 Å². The second-order valence-electron chi connectivity index (χ2n) is 4.51. The molecule has 3 N–H and O–H groups in total. The highest BCUT2D eigenvalue weighted by atomic mass is 32.2. The lowest BCUT2D eigenvalue weighted by atomic mass is 9.87. The van der Waals surface area contributed by atoms with Gasteiger partial charge >= 0.3 is 0 Å². The van der Waals surface area contributed by atoms with Crippen LogP contribution in [0.3, 0.4) is 0 Å². The summed E-state index contributed by atoms with van der Waals surface area (Å²) in [7, 11) is 0. The molecule has 0 spiro atoms. The summed E-state index contributed by atoms with van der Waals surface area (Å²) in [5.74, 6) is 0.635. The van der Waals surface area contributed by atoms with Gasteiger partial charge in [-0.1, -0.05) is 23.2 Å². The SMILES string of the molecule is Nc1ccc(C2CCNC(CS(=O)[O-])C2)cc1. The summed E-state index contributed by atoms with van der Waals surface area (Å²) < 4.78 is 21.4. The molecule has 1 aromatic carbocycles. The number of rotatable bonds is 3. The fraction of sp³-hybridized carbons (Fsp3) is 0.500. The molecule has 1 heterocycles. The summed E-state index contributed by atoms with van der Waals surface area (Å²) in [4.78, 5) is 0. The number of nitrogen functional groups attached to an aromatic ring is 1. The Morgan fingerprint density at radius 2 is 2.12 bits per heavy atom. The highest BCUT2D eigenvalue weighted by Gasteiger charge is 2.22. The van der Waals surface area contributed by atoms with E-state index < -0.39 is 11.1 Å². The smallest absolute Gasteiger partial charge is 0.0314 e. The number of anilines is 1. The number of hydrogen-bond donors (Lipinski definition) is 2. The van der Waals surface area contributed by atoms with E-state index in [0.717, 1.165) is 25.1 Å². The predicted molar refractivity (Wildman–Crippen MR) is 68.4 cm³/mol. The van der Waals surface area contributed by atoms with Gasteiger partial charge in [0.25, 0.3) is 0 Å². The van der Waals surface area contributed by atoms with E-state index in [1.165, 1.54) is 5.56 Å². The molecule has 1 saturated heterocycles. The van der Waals surface area contributed by atoms with Crippen LogP contribution < -0.4 is 11.1 Å². The average molecular weight is 253 g/mol. The molecule has 0 amide bonds. The van der Waals surface area contributed by atoms with E-state index >= 15 is 0 Å². The summed E-state index contributed by atoms with van der Waals surface area (Å²) in [5.41, 5.74) is 7.67. The van der Waals surface area contributed by atoms with Crippen LogP contribution in [0.5, 0.6) is 0 Å². The van der Waals surface area contributed by atoms with Gasteiger partial charge in [-0.3, -0.25) is 4.21 Å². The molecule has 17 heavy (non-hydrogen) atoms. The van der Waals surface area contributed by atoms with Crippen LogP contribution in [-0.4, -0.2) is 27.1 Å². The van der Waals surface area contributed by atoms with Crippen LogP contribution >= 0.6 is 0 Å². The molecule has 0 saturated carbocycles. The van der Waals surface area contributed by atoms with Gasteiger partial charge in [0.15, 0.2) is 0 Å². The molecule has 1 aromatic rings. The van der Waals surface area contributed by atoms with E-state index in [4.69, 9.17) is 5.73 Å². The second kappa shape index (κ2) is 5.62. The predicted octanol–water partition coefficient (Wildman–Crippen LogP) is 0.983. The summed E-state index contributed by atoms with van der Waals surface area (Å²) in [5, 5.41) is 3.24. The molecule has 3 unspecified atom stereocenters. The fourth-order valence-electron chi connectivity index (χ4n) is 2.37. The third kappa shape index (κ3) is 3.52. The summed E-state index contributed by atoms with van der Waals surface area (Å²) in [6.45, 7) is 0.872. The van der Waals surface area contributed by atoms with Crippen LogP contribution in [0, 0.1) is 0 Å².